The molecule has 1 unspecified atom stereocenters. The summed E-state index contributed by atoms with van der Waals surface area (Å²) in [5, 5.41) is 13.5. The van der Waals surface area contributed by atoms with Crippen LogP contribution in [0.5, 0.6) is 5.75 Å². The van der Waals surface area contributed by atoms with Crippen molar-refractivity contribution in [3.63, 3.8) is 0 Å². The van der Waals surface area contributed by atoms with Gasteiger partial charge in [0, 0.05) is 6.04 Å². The van der Waals surface area contributed by atoms with Crippen LogP contribution in [0, 0.1) is 17.8 Å². The molecule has 2 fully saturated rings. The van der Waals surface area contributed by atoms with E-state index in [-0.39, 0.29) is 29.2 Å². The van der Waals surface area contributed by atoms with Crippen LogP contribution >= 0.6 is 0 Å². The number of aliphatic carboxylic acids is 1. The minimum Gasteiger partial charge on any atom is -0.490 e. The first kappa shape index (κ1) is 27.7. The normalized spacial score (nSPS) is 25.6. The van der Waals surface area contributed by atoms with Crippen molar-refractivity contribution in [2.24, 2.45) is 17.8 Å². The molecule has 0 bridgehead atoms. The maximum Gasteiger partial charge on any atom is 0.420 e. The van der Waals surface area contributed by atoms with Crippen LogP contribution in [-0.2, 0) is 11.0 Å². The van der Waals surface area contributed by atoms with Gasteiger partial charge in [-0.15, -0.1) is 0 Å². The van der Waals surface area contributed by atoms with Gasteiger partial charge in [-0.05, 0) is 105 Å². The third-order valence-electron chi connectivity index (χ3n) is 8.62. The molecule has 2 saturated carbocycles. The fourth-order valence-corrected chi connectivity index (χ4v) is 6.18. The van der Waals surface area contributed by atoms with E-state index < -0.39 is 17.7 Å². The molecule has 0 heterocycles. The second-order valence-corrected chi connectivity index (χ2v) is 11.0. The van der Waals surface area contributed by atoms with Gasteiger partial charge in [0.25, 0.3) is 0 Å². The smallest absolute Gasteiger partial charge is 0.420 e. The number of fused-ring (bicyclic) bond motifs is 1. The Bertz CT molecular complexity index is 1050. The molecule has 2 aromatic rings. The quantitative estimate of drug-likeness (QED) is 0.351. The lowest BCUT2D eigenvalue weighted by Gasteiger charge is -2.30. The van der Waals surface area contributed by atoms with Gasteiger partial charge in [0.1, 0.15) is 11.3 Å². The van der Waals surface area contributed by atoms with Gasteiger partial charge >= 0.3 is 12.1 Å². The van der Waals surface area contributed by atoms with E-state index in [1.165, 1.54) is 6.07 Å². The van der Waals surface area contributed by atoms with Crippen molar-refractivity contribution in [2.75, 3.05) is 6.54 Å². The van der Waals surface area contributed by atoms with Crippen molar-refractivity contribution in [3.8, 4) is 5.75 Å². The van der Waals surface area contributed by atoms with Gasteiger partial charge in [-0.3, -0.25) is 4.79 Å². The van der Waals surface area contributed by atoms with E-state index in [1.807, 2.05) is 13.0 Å². The third kappa shape index (κ3) is 6.78. The average Bonchev–Trinajstić information content (AvgIpc) is 2.88. The molecule has 2 N–H and O–H groups in total. The van der Waals surface area contributed by atoms with Crippen LogP contribution in [0.15, 0.2) is 30.3 Å². The lowest BCUT2D eigenvalue weighted by atomic mass is 9.82. The number of rotatable bonds is 9. The zero-order chi connectivity index (χ0) is 26.6. The Hall–Kier alpha value is -2.28. The number of carbonyl (C=O) groups is 1. The average molecular weight is 520 g/mol. The number of carboxylic acid groups (broad SMARTS) is 1. The molecule has 2 aromatic carbocycles. The Balaban J connectivity index is 1.53. The number of hydrogen-bond acceptors (Lipinski definition) is 3. The van der Waals surface area contributed by atoms with Crippen molar-refractivity contribution >= 4 is 16.7 Å². The molecule has 7 heteroatoms. The lowest BCUT2D eigenvalue weighted by Crippen LogP contribution is -2.31. The highest BCUT2D eigenvalue weighted by molar-refractivity contribution is 5.89. The Morgan fingerprint density at radius 2 is 1.65 bits per heavy atom. The van der Waals surface area contributed by atoms with Gasteiger partial charge in [0.05, 0.1) is 12.0 Å². The molecule has 0 spiro atoms. The molecular weight excluding hydrogens is 479 g/mol. The van der Waals surface area contributed by atoms with Gasteiger partial charge in [0.2, 0.25) is 0 Å². The molecule has 2 aliphatic carbocycles. The molecule has 0 radical (unpaired) electrons. The Kier molecular flexibility index (Phi) is 9.04. The largest absolute Gasteiger partial charge is 0.490 e. The molecule has 204 valence electrons. The number of alkyl halides is 3. The van der Waals surface area contributed by atoms with E-state index in [0.29, 0.717) is 30.1 Å². The van der Waals surface area contributed by atoms with Crippen LogP contribution in [0.3, 0.4) is 0 Å². The second-order valence-electron chi connectivity index (χ2n) is 11.0. The number of benzene rings is 2. The molecule has 2 aliphatic rings. The summed E-state index contributed by atoms with van der Waals surface area (Å²) >= 11 is 0. The number of halogens is 3. The first-order valence-corrected chi connectivity index (χ1v) is 14.0. The Labute approximate surface area is 218 Å². The van der Waals surface area contributed by atoms with Gasteiger partial charge in [-0.1, -0.05) is 38.5 Å². The summed E-state index contributed by atoms with van der Waals surface area (Å²) in [5.41, 5.74) is 0.159. The van der Waals surface area contributed by atoms with Gasteiger partial charge < -0.3 is 15.2 Å². The predicted molar refractivity (Wildman–Crippen MR) is 140 cm³/mol. The van der Waals surface area contributed by atoms with E-state index in [9.17, 15) is 23.1 Å². The first-order valence-electron chi connectivity index (χ1n) is 14.0. The zero-order valence-electron chi connectivity index (χ0n) is 21.9. The van der Waals surface area contributed by atoms with Crippen molar-refractivity contribution in [1.29, 1.82) is 0 Å². The Morgan fingerprint density at radius 3 is 2.24 bits per heavy atom. The molecular formula is C30H40F3NO3. The van der Waals surface area contributed by atoms with Crippen LogP contribution in [0.25, 0.3) is 10.8 Å². The summed E-state index contributed by atoms with van der Waals surface area (Å²) in [6.45, 7) is 4.93. The maximum absolute atomic E-state index is 14.4. The first-order chi connectivity index (χ1) is 17.7. The van der Waals surface area contributed by atoms with E-state index in [2.05, 4.69) is 12.2 Å². The van der Waals surface area contributed by atoms with Crippen molar-refractivity contribution in [3.05, 3.63) is 41.5 Å². The number of hydrogen-bond donors (Lipinski definition) is 2. The van der Waals surface area contributed by atoms with Crippen LogP contribution < -0.4 is 10.1 Å². The standard InChI is InChI=1S/C30H40F3NO3/c1-3-19-7-14-24(15-8-19)37-27-16-13-21-11-12-23(17-25(21)28(27)30(31,32)33)26(4-2)34-18-20-5-9-22(10-6-20)29(35)36/h11-13,16-17,19-20,22,24,26,34H,3-10,14-15,18H2,1-2H3,(H,35,36). The fraction of sp³-hybridized carbons (Fsp3) is 0.633. The lowest BCUT2D eigenvalue weighted by molar-refractivity contribution is -0.143. The summed E-state index contributed by atoms with van der Waals surface area (Å²) in [6, 6.07) is 8.52. The summed E-state index contributed by atoms with van der Waals surface area (Å²) in [6.07, 6.45) is 3.84. The highest BCUT2D eigenvalue weighted by atomic mass is 19.4. The van der Waals surface area contributed by atoms with E-state index in [4.69, 9.17) is 4.74 Å². The van der Waals surface area contributed by atoms with Crippen molar-refractivity contribution in [1.82, 2.24) is 5.32 Å². The van der Waals surface area contributed by atoms with Gasteiger partial charge in [-0.2, -0.15) is 13.2 Å². The summed E-state index contributed by atoms with van der Waals surface area (Å²) < 4.78 is 49.2. The molecule has 4 nitrogen and oxygen atoms in total. The minimum atomic E-state index is -4.52. The summed E-state index contributed by atoms with van der Waals surface area (Å²) in [7, 11) is 0. The van der Waals surface area contributed by atoms with Crippen molar-refractivity contribution < 1.29 is 27.8 Å². The predicted octanol–water partition coefficient (Wildman–Crippen LogP) is 8.14. The molecule has 0 aromatic heterocycles. The highest BCUT2D eigenvalue weighted by Gasteiger charge is 2.37. The third-order valence-corrected chi connectivity index (χ3v) is 8.62. The SMILES string of the molecule is CCC1CCC(Oc2ccc3ccc(C(CC)NCC4CCC(C(=O)O)CC4)cc3c2C(F)(F)F)CC1. The summed E-state index contributed by atoms with van der Waals surface area (Å²) in [5.74, 6) is 0.00258. The van der Waals surface area contributed by atoms with E-state index in [0.717, 1.165) is 63.5 Å². The summed E-state index contributed by atoms with van der Waals surface area (Å²) in [4.78, 5) is 11.2. The molecule has 0 amide bonds. The Morgan fingerprint density at radius 1 is 1.00 bits per heavy atom. The zero-order valence-corrected chi connectivity index (χ0v) is 21.9. The molecule has 0 saturated heterocycles. The van der Waals surface area contributed by atoms with Gasteiger partial charge in [0.15, 0.2) is 0 Å². The number of ether oxygens (including phenoxy) is 1. The van der Waals surface area contributed by atoms with Crippen LogP contribution in [0.4, 0.5) is 13.2 Å². The van der Waals surface area contributed by atoms with Gasteiger partial charge in [-0.25, -0.2) is 0 Å². The number of carboxylic acids is 1. The highest BCUT2D eigenvalue weighted by Crippen LogP contribution is 2.43. The molecule has 4 rings (SSSR count). The topological polar surface area (TPSA) is 58.6 Å². The fourth-order valence-electron chi connectivity index (χ4n) is 6.18. The van der Waals surface area contributed by atoms with E-state index in [1.54, 1.807) is 18.2 Å². The molecule has 37 heavy (non-hydrogen) atoms. The molecule has 1 atom stereocenters. The van der Waals surface area contributed by atoms with Crippen LogP contribution in [0.2, 0.25) is 0 Å². The van der Waals surface area contributed by atoms with E-state index >= 15 is 0 Å². The van der Waals surface area contributed by atoms with Crippen molar-refractivity contribution in [2.45, 2.75) is 96.4 Å². The number of nitrogens with one attached hydrogen (secondary N) is 1. The molecule has 0 aliphatic heterocycles. The second kappa shape index (κ2) is 12.1. The van der Waals surface area contributed by atoms with Crippen LogP contribution in [-0.4, -0.2) is 23.7 Å². The monoisotopic (exact) mass is 519 g/mol. The minimum absolute atomic E-state index is 0.0618. The maximum atomic E-state index is 14.4. The van der Waals surface area contributed by atoms with Crippen LogP contribution in [0.1, 0.15) is 95.2 Å².